The molecule has 1 saturated carbocycles. The number of hydrogen-bond donors (Lipinski definition) is 2. The highest BCUT2D eigenvalue weighted by atomic mass is 32.2. The van der Waals surface area contributed by atoms with Crippen LogP contribution in [0.25, 0.3) is 0 Å². The SMILES string of the molecule is O=S1(=O)CCC(Nc2ccnc(NC3CCCCC3)n2)C1. The number of hydrogen-bond acceptors (Lipinski definition) is 6. The molecule has 7 heteroatoms. The van der Waals surface area contributed by atoms with Crippen LogP contribution in [-0.2, 0) is 9.84 Å². The van der Waals surface area contributed by atoms with E-state index in [1.54, 1.807) is 12.3 Å². The molecule has 1 unspecified atom stereocenters. The Labute approximate surface area is 125 Å². The fraction of sp³-hybridized carbons (Fsp3) is 0.714. The Morgan fingerprint density at radius 3 is 2.57 bits per heavy atom. The molecule has 21 heavy (non-hydrogen) atoms. The van der Waals surface area contributed by atoms with Gasteiger partial charge in [-0.25, -0.2) is 13.4 Å². The van der Waals surface area contributed by atoms with Gasteiger partial charge in [0.15, 0.2) is 9.84 Å². The van der Waals surface area contributed by atoms with Gasteiger partial charge in [-0.15, -0.1) is 0 Å². The van der Waals surface area contributed by atoms with Gasteiger partial charge in [0.05, 0.1) is 11.5 Å². The first-order valence-electron chi connectivity index (χ1n) is 7.67. The lowest BCUT2D eigenvalue weighted by Gasteiger charge is -2.23. The van der Waals surface area contributed by atoms with E-state index in [1.165, 1.54) is 32.1 Å². The van der Waals surface area contributed by atoms with Crippen LogP contribution in [0.4, 0.5) is 11.8 Å². The van der Waals surface area contributed by atoms with Crippen LogP contribution in [-0.4, -0.2) is 42.0 Å². The summed E-state index contributed by atoms with van der Waals surface area (Å²) in [6.45, 7) is 0. The Balaban J connectivity index is 1.60. The molecule has 0 aromatic carbocycles. The van der Waals surface area contributed by atoms with Crippen molar-refractivity contribution in [3.05, 3.63) is 12.3 Å². The zero-order chi connectivity index (χ0) is 14.7. The summed E-state index contributed by atoms with van der Waals surface area (Å²) in [4.78, 5) is 8.71. The summed E-state index contributed by atoms with van der Waals surface area (Å²) in [5, 5.41) is 6.59. The highest BCUT2D eigenvalue weighted by molar-refractivity contribution is 7.91. The van der Waals surface area contributed by atoms with Gasteiger partial charge < -0.3 is 10.6 Å². The van der Waals surface area contributed by atoms with Gasteiger partial charge in [0.25, 0.3) is 0 Å². The minimum atomic E-state index is -2.87. The first-order valence-corrected chi connectivity index (χ1v) is 9.49. The summed E-state index contributed by atoms with van der Waals surface area (Å²) in [7, 11) is -2.87. The molecule has 6 nitrogen and oxygen atoms in total. The van der Waals surface area contributed by atoms with Gasteiger partial charge in [0.2, 0.25) is 5.95 Å². The maximum Gasteiger partial charge on any atom is 0.224 e. The fourth-order valence-electron chi connectivity index (χ4n) is 3.06. The van der Waals surface area contributed by atoms with Crippen LogP contribution in [0.3, 0.4) is 0 Å². The largest absolute Gasteiger partial charge is 0.366 e. The van der Waals surface area contributed by atoms with Crippen molar-refractivity contribution in [2.45, 2.75) is 50.6 Å². The molecule has 1 aliphatic heterocycles. The van der Waals surface area contributed by atoms with Crippen molar-refractivity contribution in [1.82, 2.24) is 9.97 Å². The van der Waals surface area contributed by atoms with Gasteiger partial charge in [-0.2, -0.15) is 4.98 Å². The van der Waals surface area contributed by atoms with E-state index in [0.29, 0.717) is 24.2 Å². The number of nitrogens with zero attached hydrogens (tertiary/aromatic N) is 2. The molecule has 2 fully saturated rings. The minimum Gasteiger partial charge on any atom is -0.366 e. The zero-order valence-corrected chi connectivity index (χ0v) is 12.9. The topological polar surface area (TPSA) is 84.0 Å². The normalized spacial score (nSPS) is 25.6. The third-order valence-corrected chi connectivity index (χ3v) is 5.95. The van der Waals surface area contributed by atoms with Crippen LogP contribution in [0, 0.1) is 0 Å². The molecule has 0 amide bonds. The molecule has 0 spiro atoms. The van der Waals surface area contributed by atoms with E-state index >= 15 is 0 Å². The monoisotopic (exact) mass is 310 g/mol. The Morgan fingerprint density at radius 1 is 1.05 bits per heavy atom. The lowest BCUT2D eigenvalue weighted by molar-refractivity contribution is 0.461. The fourth-order valence-corrected chi connectivity index (χ4v) is 4.73. The number of anilines is 2. The third kappa shape index (κ3) is 4.06. The summed E-state index contributed by atoms with van der Waals surface area (Å²) in [5.74, 6) is 1.80. The van der Waals surface area contributed by atoms with E-state index in [2.05, 4.69) is 20.6 Å². The predicted octanol–water partition coefficient (Wildman–Crippen LogP) is 1.82. The van der Waals surface area contributed by atoms with Gasteiger partial charge in [-0.1, -0.05) is 19.3 Å². The second-order valence-electron chi connectivity index (χ2n) is 5.99. The molecule has 1 saturated heterocycles. The molecular formula is C14H22N4O2S. The van der Waals surface area contributed by atoms with E-state index < -0.39 is 9.84 Å². The van der Waals surface area contributed by atoms with E-state index in [9.17, 15) is 8.42 Å². The smallest absolute Gasteiger partial charge is 0.224 e. The first-order chi connectivity index (χ1) is 10.1. The lowest BCUT2D eigenvalue weighted by Crippen LogP contribution is -2.24. The summed E-state index contributed by atoms with van der Waals surface area (Å²) in [6, 6.07) is 2.21. The Kier molecular flexibility index (Phi) is 4.28. The van der Waals surface area contributed by atoms with Crippen LogP contribution >= 0.6 is 0 Å². The molecule has 1 aliphatic carbocycles. The molecule has 0 bridgehead atoms. The average Bonchev–Trinajstić information content (AvgIpc) is 2.79. The van der Waals surface area contributed by atoms with Crippen LogP contribution in [0.15, 0.2) is 12.3 Å². The molecular weight excluding hydrogens is 288 g/mol. The highest BCUT2D eigenvalue weighted by Gasteiger charge is 2.28. The maximum atomic E-state index is 11.5. The van der Waals surface area contributed by atoms with Crippen LogP contribution in [0.2, 0.25) is 0 Å². The molecule has 1 aromatic rings. The molecule has 116 valence electrons. The highest BCUT2D eigenvalue weighted by Crippen LogP contribution is 2.21. The van der Waals surface area contributed by atoms with Gasteiger partial charge >= 0.3 is 0 Å². The lowest BCUT2D eigenvalue weighted by atomic mass is 9.96. The van der Waals surface area contributed by atoms with Crippen molar-refractivity contribution in [2.24, 2.45) is 0 Å². The molecule has 2 heterocycles. The van der Waals surface area contributed by atoms with E-state index in [-0.39, 0.29) is 17.5 Å². The number of rotatable bonds is 4. The van der Waals surface area contributed by atoms with Crippen LogP contribution in [0.5, 0.6) is 0 Å². The number of nitrogens with one attached hydrogen (secondary N) is 2. The molecule has 3 rings (SSSR count). The zero-order valence-electron chi connectivity index (χ0n) is 12.1. The second kappa shape index (κ2) is 6.17. The predicted molar refractivity (Wildman–Crippen MR) is 83.2 cm³/mol. The van der Waals surface area contributed by atoms with Crippen molar-refractivity contribution in [2.75, 3.05) is 22.1 Å². The van der Waals surface area contributed by atoms with E-state index in [0.717, 1.165) is 0 Å². The van der Waals surface area contributed by atoms with Crippen molar-refractivity contribution >= 4 is 21.6 Å². The number of aromatic nitrogens is 2. The summed E-state index contributed by atoms with van der Waals surface area (Å²) in [6.07, 6.45) is 8.54. The molecule has 2 aliphatic rings. The number of sulfone groups is 1. The first kappa shape index (κ1) is 14.6. The van der Waals surface area contributed by atoms with E-state index in [1.807, 2.05) is 0 Å². The molecule has 0 radical (unpaired) electrons. The third-order valence-electron chi connectivity index (χ3n) is 4.18. The minimum absolute atomic E-state index is 0.0348. The van der Waals surface area contributed by atoms with Crippen molar-refractivity contribution in [3.8, 4) is 0 Å². The van der Waals surface area contributed by atoms with Crippen molar-refractivity contribution < 1.29 is 8.42 Å². The van der Waals surface area contributed by atoms with Crippen LogP contribution in [0.1, 0.15) is 38.5 Å². The van der Waals surface area contributed by atoms with Gasteiger partial charge in [-0.05, 0) is 25.3 Å². The van der Waals surface area contributed by atoms with Crippen molar-refractivity contribution in [1.29, 1.82) is 0 Å². The second-order valence-corrected chi connectivity index (χ2v) is 8.22. The van der Waals surface area contributed by atoms with Gasteiger partial charge in [-0.3, -0.25) is 0 Å². The van der Waals surface area contributed by atoms with Gasteiger partial charge in [0, 0.05) is 18.3 Å². The van der Waals surface area contributed by atoms with Crippen LogP contribution < -0.4 is 10.6 Å². The van der Waals surface area contributed by atoms with Gasteiger partial charge in [0.1, 0.15) is 5.82 Å². The average molecular weight is 310 g/mol. The summed E-state index contributed by atoms with van der Waals surface area (Å²) in [5.41, 5.74) is 0. The summed E-state index contributed by atoms with van der Waals surface area (Å²) >= 11 is 0. The Hall–Kier alpha value is -1.37. The molecule has 2 N–H and O–H groups in total. The Bertz CT molecular complexity index is 584. The molecule has 1 atom stereocenters. The maximum absolute atomic E-state index is 11.5. The van der Waals surface area contributed by atoms with Crippen molar-refractivity contribution in [3.63, 3.8) is 0 Å². The molecule has 1 aromatic heterocycles. The Morgan fingerprint density at radius 2 is 1.86 bits per heavy atom. The van der Waals surface area contributed by atoms with E-state index in [4.69, 9.17) is 0 Å². The quantitative estimate of drug-likeness (QED) is 0.882. The summed E-state index contributed by atoms with van der Waals surface area (Å²) < 4.78 is 23.0. The standard InChI is InChI=1S/C14H22N4O2S/c19-21(20)9-7-12(10-21)16-13-6-8-15-14(18-13)17-11-4-2-1-3-5-11/h6,8,11-12H,1-5,7,9-10H2,(H2,15,16,17,18).